The fraction of sp³-hybridized carbons (Fsp3) is 0.381. The van der Waals surface area contributed by atoms with Crippen LogP contribution in [0.4, 0.5) is 11.4 Å². The second-order valence-electron chi connectivity index (χ2n) is 7.40. The molecule has 8 heteroatoms. The van der Waals surface area contributed by atoms with E-state index in [4.69, 9.17) is 17.0 Å². The van der Waals surface area contributed by atoms with Crippen LogP contribution in [-0.4, -0.2) is 57.2 Å². The van der Waals surface area contributed by atoms with Crippen molar-refractivity contribution in [3.05, 3.63) is 54.1 Å². The zero-order valence-corrected chi connectivity index (χ0v) is 18.6. The highest BCUT2D eigenvalue weighted by molar-refractivity contribution is 7.91. The van der Waals surface area contributed by atoms with Crippen molar-refractivity contribution in [2.24, 2.45) is 0 Å². The molecule has 2 aromatic rings. The van der Waals surface area contributed by atoms with Gasteiger partial charge in [-0.1, -0.05) is 12.1 Å². The molecule has 1 atom stereocenters. The number of rotatable bonds is 6. The summed E-state index contributed by atoms with van der Waals surface area (Å²) in [6, 6.07) is 15.6. The molecule has 1 unspecified atom stereocenters. The average Bonchev–Trinajstić information content (AvgIpc) is 3.06. The maximum Gasteiger partial charge on any atom is 0.174 e. The highest BCUT2D eigenvalue weighted by atomic mass is 32.2. The number of hydrogen-bond acceptors (Lipinski definition) is 5. The zero-order chi connectivity index (χ0) is 21.0. The zero-order valence-electron chi connectivity index (χ0n) is 17.0. The third-order valence-corrected chi connectivity index (χ3v) is 7.14. The molecule has 0 spiro atoms. The minimum absolute atomic E-state index is 0.132. The maximum atomic E-state index is 12.1. The summed E-state index contributed by atoms with van der Waals surface area (Å²) in [5.41, 5.74) is 3.03. The molecule has 0 amide bonds. The van der Waals surface area contributed by atoms with Crippen LogP contribution in [0.3, 0.4) is 0 Å². The Balaban J connectivity index is 1.79. The van der Waals surface area contributed by atoms with Crippen LogP contribution in [0.1, 0.15) is 12.0 Å². The van der Waals surface area contributed by atoms with E-state index in [9.17, 15) is 8.42 Å². The Labute approximate surface area is 178 Å². The van der Waals surface area contributed by atoms with E-state index in [1.54, 1.807) is 7.11 Å². The smallest absolute Gasteiger partial charge is 0.174 e. The van der Waals surface area contributed by atoms with Crippen LogP contribution in [0.5, 0.6) is 5.75 Å². The van der Waals surface area contributed by atoms with E-state index in [2.05, 4.69) is 29.6 Å². The van der Waals surface area contributed by atoms with Crippen molar-refractivity contribution in [2.75, 3.05) is 42.9 Å². The van der Waals surface area contributed by atoms with Crippen LogP contribution in [0, 0.1) is 0 Å². The third kappa shape index (κ3) is 5.61. The van der Waals surface area contributed by atoms with E-state index >= 15 is 0 Å². The van der Waals surface area contributed by atoms with Gasteiger partial charge < -0.3 is 19.9 Å². The molecule has 29 heavy (non-hydrogen) atoms. The Morgan fingerprint density at radius 1 is 1.14 bits per heavy atom. The summed E-state index contributed by atoms with van der Waals surface area (Å²) in [6.45, 7) is 0.551. The fourth-order valence-electron chi connectivity index (χ4n) is 3.35. The Morgan fingerprint density at radius 2 is 1.79 bits per heavy atom. The lowest BCUT2D eigenvalue weighted by Crippen LogP contribution is -2.43. The van der Waals surface area contributed by atoms with Crippen molar-refractivity contribution >= 4 is 38.5 Å². The second-order valence-corrected chi connectivity index (χ2v) is 10.0. The molecule has 1 N–H and O–H groups in total. The Morgan fingerprint density at radius 3 is 2.31 bits per heavy atom. The van der Waals surface area contributed by atoms with Gasteiger partial charge in [0.25, 0.3) is 0 Å². The topological polar surface area (TPSA) is 61.9 Å². The van der Waals surface area contributed by atoms with Gasteiger partial charge in [0.05, 0.1) is 18.6 Å². The van der Waals surface area contributed by atoms with E-state index in [0.717, 1.165) is 22.7 Å². The number of nitrogens with one attached hydrogen (secondary N) is 1. The van der Waals surface area contributed by atoms with Crippen molar-refractivity contribution in [3.8, 4) is 5.75 Å². The van der Waals surface area contributed by atoms with E-state index in [0.29, 0.717) is 18.1 Å². The van der Waals surface area contributed by atoms with Crippen molar-refractivity contribution in [1.82, 2.24) is 4.90 Å². The summed E-state index contributed by atoms with van der Waals surface area (Å²) < 4.78 is 29.3. The Kier molecular flexibility index (Phi) is 6.64. The van der Waals surface area contributed by atoms with Gasteiger partial charge in [-0.25, -0.2) is 8.42 Å². The van der Waals surface area contributed by atoms with Gasteiger partial charge in [-0.15, -0.1) is 0 Å². The predicted molar refractivity (Wildman–Crippen MR) is 123 cm³/mol. The molecule has 1 heterocycles. The van der Waals surface area contributed by atoms with Crippen LogP contribution < -0.4 is 15.0 Å². The summed E-state index contributed by atoms with van der Waals surface area (Å²) in [5, 5.41) is 3.77. The lowest BCUT2D eigenvalue weighted by atomic mass is 10.1. The van der Waals surface area contributed by atoms with Crippen molar-refractivity contribution in [2.45, 2.75) is 19.0 Å². The number of anilines is 2. The number of sulfone groups is 1. The second kappa shape index (κ2) is 9.00. The van der Waals surface area contributed by atoms with E-state index in [1.807, 2.05) is 48.2 Å². The molecule has 6 nitrogen and oxygen atoms in total. The largest absolute Gasteiger partial charge is 0.497 e. The van der Waals surface area contributed by atoms with E-state index in [-0.39, 0.29) is 17.5 Å². The molecule has 156 valence electrons. The molecule has 1 saturated heterocycles. The van der Waals surface area contributed by atoms with Gasteiger partial charge in [0.15, 0.2) is 14.9 Å². The molecule has 1 fully saturated rings. The first kappa shape index (κ1) is 21.4. The average molecular weight is 434 g/mol. The predicted octanol–water partition coefficient (Wildman–Crippen LogP) is 3.15. The minimum Gasteiger partial charge on any atom is -0.497 e. The van der Waals surface area contributed by atoms with Crippen LogP contribution in [0.15, 0.2) is 48.5 Å². The van der Waals surface area contributed by atoms with Gasteiger partial charge in [-0.2, -0.15) is 0 Å². The molecule has 0 saturated carbocycles. The first-order chi connectivity index (χ1) is 13.8. The summed E-state index contributed by atoms with van der Waals surface area (Å²) in [7, 11) is 2.60. The lowest BCUT2D eigenvalue weighted by Gasteiger charge is -2.31. The molecule has 1 aliphatic heterocycles. The summed E-state index contributed by atoms with van der Waals surface area (Å²) in [4.78, 5) is 4.04. The summed E-state index contributed by atoms with van der Waals surface area (Å²) >= 11 is 5.68. The van der Waals surface area contributed by atoms with Crippen LogP contribution >= 0.6 is 12.2 Å². The lowest BCUT2D eigenvalue weighted by molar-refractivity contribution is 0.332. The Hall–Kier alpha value is -2.32. The first-order valence-corrected chi connectivity index (χ1v) is 11.7. The standard InChI is InChI=1S/C21H27N3O3S2/c1-23(2)18-8-4-16(5-9-18)14-24(19-12-13-29(25,26)15-19)21(28)22-17-6-10-20(27-3)11-7-17/h4-11,19H,12-15H2,1-3H3,(H,22,28). The monoisotopic (exact) mass is 433 g/mol. The number of ether oxygens (including phenoxy) is 1. The van der Waals surface area contributed by atoms with Gasteiger partial charge in [0.1, 0.15) is 5.75 Å². The molecule has 0 aromatic heterocycles. The van der Waals surface area contributed by atoms with E-state index < -0.39 is 9.84 Å². The van der Waals surface area contributed by atoms with Gasteiger partial charge in [0, 0.05) is 38.1 Å². The SMILES string of the molecule is COc1ccc(NC(=S)N(Cc2ccc(N(C)C)cc2)C2CCS(=O)(=O)C2)cc1. The normalized spacial score (nSPS) is 17.6. The molecular weight excluding hydrogens is 406 g/mol. The quantitative estimate of drug-likeness (QED) is 0.702. The molecule has 0 radical (unpaired) electrons. The van der Waals surface area contributed by atoms with E-state index in [1.165, 1.54) is 0 Å². The number of hydrogen-bond donors (Lipinski definition) is 1. The molecule has 0 bridgehead atoms. The fourth-order valence-corrected chi connectivity index (χ4v) is 5.42. The van der Waals surface area contributed by atoms with Crippen molar-refractivity contribution < 1.29 is 13.2 Å². The molecule has 2 aromatic carbocycles. The number of benzene rings is 2. The van der Waals surface area contributed by atoms with Gasteiger partial charge in [-0.05, 0) is 60.6 Å². The molecule has 0 aliphatic carbocycles. The van der Waals surface area contributed by atoms with Gasteiger partial charge in [0.2, 0.25) is 0 Å². The summed E-state index contributed by atoms with van der Waals surface area (Å²) in [5.74, 6) is 1.10. The maximum absolute atomic E-state index is 12.1. The first-order valence-electron chi connectivity index (χ1n) is 9.46. The van der Waals surface area contributed by atoms with Crippen LogP contribution in [-0.2, 0) is 16.4 Å². The third-order valence-electron chi connectivity index (χ3n) is 5.06. The minimum atomic E-state index is -3.02. The van der Waals surface area contributed by atoms with Crippen molar-refractivity contribution in [3.63, 3.8) is 0 Å². The van der Waals surface area contributed by atoms with Gasteiger partial charge in [-0.3, -0.25) is 0 Å². The summed E-state index contributed by atoms with van der Waals surface area (Å²) in [6.07, 6.45) is 0.586. The van der Waals surface area contributed by atoms with Gasteiger partial charge >= 0.3 is 0 Å². The molecule has 1 aliphatic rings. The molecule has 3 rings (SSSR count). The van der Waals surface area contributed by atoms with Crippen molar-refractivity contribution in [1.29, 1.82) is 0 Å². The highest BCUT2D eigenvalue weighted by Gasteiger charge is 2.33. The number of methoxy groups -OCH3 is 1. The number of thiocarbonyl (C=S) groups is 1. The number of nitrogens with zero attached hydrogens (tertiary/aromatic N) is 2. The Bertz CT molecular complexity index is 942. The van der Waals surface area contributed by atoms with Crippen LogP contribution in [0.2, 0.25) is 0 Å². The van der Waals surface area contributed by atoms with Crippen LogP contribution in [0.25, 0.3) is 0 Å². The molecular formula is C21H27N3O3S2. The highest BCUT2D eigenvalue weighted by Crippen LogP contribution is 2.23.